The maximum Gasteiger partial charge on any atom is 0.254 e. The highest BCUT2D eigenvalue weighted by molar-refractivity contribution is 5.94. The number of amides is 2. The summed E-state index contributed by atoms with van der Waals surface area (Å²) in [6, 6.07) is 8.26. The van der Waals surface area contributed by atoms with E-state index in [9.17, 15) is 9.59 Å². The van der Waals surface area contributed by atoms with Gasteiger partial charge in [0.15, 0.2) is 0 Å². The second kappa shape index (κ2) is 7.37. The first kappa shape index (κ1) is 17.0. The van der Waals surface area contributed by atoms with Crippen molar-refractivity contribution in [2.24, 2.45) is 5.92 Å². The molecule has 0 bridgehead atoms. The van der Waals surface area contributed by atoms with Crippen molar-refractivity contribution < 1.29 is 9.59 Å². The normalized spacial score (nSPS) is 17.6. The van der Waals surface area contributed by atoms with Gasteiger partial charge in [-0.15, -0.1) is 0 Å². The highest BCUT2D eigenvalue weighted by Gasteiger charge is 2.33. The highest BCUT2D eigenvalue weighted by atomic mass is 16.2. The largest absolute Gasteiger partial charge is 0.338 e. The third-order valence-electron chi connectivity index (χ3n) is 4.91. The van der Waals surface area contributed by atoms with Gasteiger partial charge in [0.25, 0.3) is 5.91 Å². The van der Waals surface area contributed by atoms with Gasteiger partial charge in [0.1, 0.15) is 0 Å². The summed E-state index contributed by atoms with van der Waals surface area (Å²) in [4.78, 5) is 28.7. The molecule has 2 amide bonds. The first-order valence-electron chi connectivity index (χ1n) is 9.22. The van der Waals surface area contributed by atoms with Crippen molar-refractivity contribution >= 4 is 11.8 Å². The van der Waals surface area contributed by atoms with Gasteiger partial charge in [-0.25, -0.2) is 0 Å². The van der Waals surface area contributed by atoms with E-state index >= 15 is 0 Å². The summed E-state index contributed by atoms with van der Waals surface area (Å²) in [6.07, 6.45) is 4.91. The number of likely N-dealkylation sites (tertiary alicyclic amines) is 1. The Bertz CT molecular complexity index is 607. The van der Waals surface area contributed by atoms with Gasteiger partial charge in [-0.1, -0.05) is 26.0 Å². The Balaban J connectivity index is 1.69. The maximum absolute atomic E-state index is 12.9. The van der Waals surface area contributed by atoms with E-state index in [1.165, 1.54) is 0 Å². The number of benzene rings is 1. The molecule has 1 aromatic rings. The summed E-state index contributed by atoms with van der Waals surface area (Å²) in [5, 5.41) is 0. The van der Waals surface area contributed by atoms with Crippen LogP contribution in [0.25, 0.3) is 0 Å². The van der Waals surface area contributed by atoms with Crippen LogP contribution in [0.15, 0.2) is 24.3 Å². The van der Waals surface area contributed by atoms with Crippen LogP contribution in [-0.2, 0) is 11.3 Å². The molecule has 1 saturated heterocycles. The van der Waals surface area contributed by atoms with Crippen LogP contribution < -0.4 is 0 Å². The molecule has 0 aromatic heterocycles. The molecule has 0 atom stereocenters. The summed E-state index contributed by atoms with van der Waals surface area (Å²) in [5.41, 5.74) is 1.81. The summed E-state index contributed by atoms with van der Waals surface area (Å²) in [7, 11) is 0. The molecule has 4 nitrogen and oxygen atoms in total. The van der Waals surface area contributed by atoms with Crippen LogP contribution in [0, 0.1) is 5.92 Å². The van der Waals surface area contributed by atoms with E-state index in [-0.39, 0.29) is 11.8 Å². The molecular weight excluding hydrogens is 300 g/mol. The van der Waals surface area contributed by atoms with Gasteiger partial charge in [0, 0.05) is 37.7 Å². The average Bonchev–Trinajstić information content (AvgIpc) is 3.31. The zero-order valence-corrected chi connectivity index (χ0v) is 14.8. The van der Waals surface area contributed by atoms with Crippen LogP contribution in [0.2, 0.25) is 0 Å². The lowest BCUT2D eigenvalue weighted by Crippen LogP contribution is -2.34. The molecule has 1 aromatic carbocycles. The van der Waals surface area contributed by atoms with Crippen molar-refractivity contribution in [1.82, 2.24) is 9.80 Å². The van der Waals surface area contributed by atoms with Gasteiger partial charge in [0.2, 0.25) is 5.91 Å². The molecular formula is C20H28N2O2. The zero-order valence-electron chi connectivity index (χ0n) is 14.8. The summed E-state index contributed by atoms with van der Waals surface area (Å²) < 4.78 is 0. The van der Waals surface area contributed by atoms with E-state index in [4.69, 9.17) is 0 Å². The Morgan fingerprint density at radius 2 is 2.12 bits per heavy atom. The van der Waals surface area contributed by atoms with Gasteiger partial charge in [0.05, 0.1) is 0 Å². The molecule has 2 fully saturated rings. The highest BCUT2D eigenvalue weighted by Crippen LogP contribution is 2.29. The molecule has 3 rings (SSSR count). The molecule has 130 valence electrons. The second-order valence-corrected chi connectivity index (χ2v) is 7.53. The lowest BCUT2D eigenvalue weighted by atomic mass is 10.1. The fourth-order valence-electron chi connectivity index (χ4n) is 3.29. The summed E-state index contributed by atoms with van der Waals surface area (Å²) in [6.45, 7) is 6.69. The SMILES string of the molecule is CC(C)CCN(C(=O)c1cccc(CN2CCCC2=O)c1)C1CC1. The van der Waals surface area contributed by atoms with Gasteiger partial charge in [-0.2, -0.15) is 0 Å². The molecule has 0 radical (unpaired) electrons. The molecule has 1 aliphatic heterocycles. The van der Waals surface area contributed by atoms with Gasteiger partial charge in [-0.05, 0) is 49.3 Å². The van der Waals surface area contributed by atoms with Crippen molar-refractivity contribution in [1.29, 1.82) is 0 Å². The van der Waals surface area contributed by atoms with E-state index in [1.54, 1.807) is 0 Å². The Hall–Kier alpha value is -1.84. The number of hydrogen-bond donors (Lipinski definition) is 0. The van der Waals surface area contributed by atoms with Crippen molar-refractivity contribution in [2.75, 3.05) is 13.1 Å². The standard InChI is InChI=1S/C20H28N2O2/c1-15(2)10-12-22(18-8-9-18)20(24)17-6-3-5-16(13-17)14-21-11-4-7-19(21)23/h3,5-6,13,15,18H,4,7-12,14H2,1-2H3. The minimum absolute atomic E-state index is 0.146. The first-order valence-corrected chi connectivity index (χ1v) is 9.22. The summed E-state index contributed by atoms with van der Waals surface area (Å²) in [5.74, 6) is 0.975. The number of rotatable bonds is 7. The smallest absolute Gasteiger partial charge is 0.254 e. The molecule has 1 aliphatic carbocycles. The van der Waals surface area contributed by atoms with Crippen LogP contribution in [0.4, 0.5) is 0 Å². The summed E-state index contributed by atoms with van der Waals surface area (Å²) >= 11 is 0. The quantitative estimate of drug-likeness (QED) is 0.769. The van der Waals surface area contributed by atoms with E-state index in [0.29, 0.717) is 24.9 Å². The average molecular weight is 328 g/mol. The van der Waals surface area contributed by atoms with Crippen LogP contribution in [-0.4, -0.2) is 40.7 Å². The predicted molar refractivity (Wildman–Crippen MR) is 94.6 cm³/mol. The lowest BCUT2D eigenvalue weighted by molar-refractivity contribution is -0.128. The second-order valence-electron chi connectivity index (χ2n) is 7.53. The molecule has 24 heavy (non-hydrogen) atoms. The van der Waals surface area contributed by atoms with E-state index in [1.807, 2.05) is 29.2 Å². The van der Waals surface area contributed by atoms with Crippen molar-refractivity contribution in [3.05, 3.63) is 35.4 Å². The van der Waals surface area contributed by atoms with Crippen LogP contribution >= 0.6 is 0 Å². The van der Waals surface area contributed by atoms with Crippen molar-refractivity contribution in [3.63, 3.8) is 0 Å². The Kier molecular flexibility index (Phi) is 5.22. The van der Waals surface area contributed by atoms with Gasteiger partial charge < -0.3 is 9.80 Å². The first-order chi connectivity index (χ1) is 11.5. The van der Waals surface area contributed by atoms with Crippen LogP contribution in [0.3, 0.4) is 0 Å². The number of carbonyl (C=O) groups is 2. The number of hydrogen-bond acceptors (Lipinski definition) is 2. The van der Waals surface area contributed by atoms with Gasteiger partial charge >= 0.3 is 0 Å². The topological polar surface area (TPSA) is 40.6 Å². The van der Waals surface area contributed by atoms with E-state index in [2.05, 4.69) is 18.7 Å². The van der Waals surface area contributed by atoms with Crippen LogP contribution in [0.5, 0.6) is 0 Å². The van der Waals surface area contributed by atoms with Crippen LogP contribution in [0.1, 0.15) is 61.9 Å². The molecule has 0 N–H and O–H groups in total. The monoisotopic (exact) mass is 328 g/mol. The van der Waals surface area contributed by atoms with Crippen molar-refractivity contribution in [2.45, 2.75) is 58.5 Å². The maximum atomic E-state index is 12.9. The molecule has 0 spiro atoms. The van der Waals surface area contributed by atoms with E-state index in [0.717, 1.165) is 49.9 Å². The van der Waals surface area contributed by atoms with Crippen molar-refractivity contribution in [3.8, 4) is 0 Å². The Morgan fingerprint density at radius 3 is 2.75 bits per heavy atom. The van der Waals surface area contributed by atoms with Gasteiger partial charge in [-0.3, -0.25) is 9.59 Å². The van der Waals surface area contributed by atoms with E-state index < -0.39 is 0 Å². The Morgan fingerprint density at radius 1 is 1.33 bits per heavy atom. The lowest BCUT2D eigenvalue weighted by Gasteiger charge is -2.24. The Labute approximate surface area is 144 Å². The molecule has 1 heterocycles. The third kappa shape index (κ3) is 4.16. The molecule has 0 unspecified atom stereocenters. The number of nitrogens with zero attached hydrogens (tertiary/aromatic N) is 2. The molecule has 4 heteroatoms. The third-order valence-corrected chi connectivity index (χ3v) is 4.91. The minimum atomic E-state index is 0.146. The fourth-order valence-corrected chi connectivity index (χ4v) is 3.29. The molecule has 1 saturated carbocycles. The minimum Gasteiger partial charge on any atom is -0.338 e. The fraction of sp³-hybridized carbons (Fsp3) is 0.600. The number of carbonyl (C=O) groups excluding carboxylic acids is 2. The molecule has 2 aliphatic rings. The zero-order chi connectivity index (χ0) is 17.1. The predicted octanol–water partition coefficient (Wildman–Crippen LogP) is 3.46.